The Morgan fingerprint density at radius 2 is 1.81 bits per heavy atom. The number of rotatable bonds is 4. The molecule has 2 rings (SSSR count). The molecule has 0 fully saturated rings. The Morgan fingerprint density at radius 1 is 1.19 bits per heavy atom. The summed E-state index contributed by atoms with van der Waals surface area (Å²) in [5.41, 5.74) is 0. The predicted molar refractivity (Wildman–Crippen MR) is 71.7 cm³/mol. The van der Waals surface area contributed by atoms with Crippen LogP contribution >= 0.6 is 11.6 Å². The fourth-order valence-corrected chi connectivity index (χ4v) is 2.10. The molecule has 0 aliphatic rings. The Balaban J connectivity index is 2.42. The van der Waals surface area contributed by atoms with Crippen molar-refractivity contribution in [3.63, 3.8) is 0 Å². The van der Waals surface area contributed by atoms with Gasteiger partial charge in [-0.3, -0.25) is 4.79 Å². The van der Waals surface area contributed by atoms with E-state index in [0.29, 0.717) is 15.8 Å². The number of hydrogen-bond acceptors (Lipinski definition) is 2. The van der Waals surface area contributed by atoms with Gasteiger partial charge in [0, 0.05) is 15.8 Å². The van der Waals surface area contributed by atoms with E-state index >= 15 is 0 Å². The first kappa shape index (κ1) is 15.4. The predicted octanol–water partition coefficient (Wildman–Crippen LogP) is 4.28. The molecule has 0 saturated heterocycles. The SMILES string of the molecule is O=C(O)CC(Oc1ccc(Cl)c2ccccc12)C(F)(F)F. The fourth-order valence-electron chi connectivity index (χ4n) is 1.87. The van der Waals surface area contributed by atoms with Crippen LogP contribution in [0.3, 0.4) is 0 Å². The van der Waals surface area contributed by atoms with Crippen molar-refractivity contribution in [3.05, 3.63) is 41.4 Å². The highest BCUT2D eigenvalue weighted by molar-refractivity contribution is 6.35. The van der Waals surface area contributed by atoms with Crippen LogP contribution in [0.15, 0.2) is 36.4 Å². The highest BCUT2D eigenvalue weighted by Gasteiger charge is 2.43. The maximum atomic E-state index is 12.8. The summed E-state index contributed by atoms with van der Waals surface area (Å²) < 4.78 is 43.4. The van der Waals surface area contributed by atoms with Crippen molar-refractivity contribution in [1.82, 2.24) is 0 Å². The van der Waals surface area contributed by atoms with E-state index in [-0.39, 0.29) is 5.75 Å². The van der Waals surface area contributed by atoms with E-state index in [4.69, 9.17) is 21.4 Å². The normalized spacial score (nSPS) is 13.1. The molecule has 2 aromatic carbocycles. The van der Waals surface area contributed by atoms with Crippen LogP contribution in [-0.4, -0.2) is 23.4 Å². The zero-order valence-electron chi connectivity index (χ0n) is 10.5. The summed E-state index contributed by atoms with van der Waals surface area (Å²) in [4.78, 5) is 10.6. The van der Waals surface area contributed by atoms with Gasteiger partial charge in [0.25, 0.3) is 0 Å². The van der Waals surface area contributed by atoms with Crippen LogP contribution in [0.4, 0.5) is 13.2 Å². The monoisotopic (exact) mass is 318 g/mol. The van der Waals surface area contributed by atoms with Gasteiger partial charge in [-0.15, -0.1) is 0 Å². The lowest BCUT2D eigenvalue weighted by atomic mass is 10.1. The lowest BCUT2D eigenvalue weighted by Crippen LogP contribution is -2.36. The summed E-state index contributed by atoms with van der Waals surface area (Å²) in [6, 6.07) is 9.23. The molecule has 1 atom stereocenters. The number of benzene rings is 2. The van der Waals surface area contributed by atoms with Crippen LogP contribution in [0.2, 0.25) is 5.02 Å². The summed E-state index contributed by atoms with van der Waals surface area (Å²) in [5.74, 6) is -1.64. The molecular weight excluding hydrogens is 309 g/mol. The second kappa shape index (κ2) is 5.81. The van der Waals surface area contributed by atoms with Gasteiger partial charge in [0.2, 0.25) is 6.10 Å². The summed E-state index contributed by atoms with van der Waals surface area (Å²) in [7, 11) is 0. The highest BCUT2D eigenvalue weighted by Crippen LogP contribution is 2.34. The summed E-state index contributed by atoms with van der Waals surface area (Å²) in [6.45, 7) is 0. The van der Waals surface area contributed by atoms with Gasteiger partial charge in [-0.2, -0.15) is 13.2 Å². The number of alkyl halides is 3. The van der Waals surface area contributed by atoms with Crippen molar-refractivity contribution in [2.24, 2.45) is 0 Å². The number of carboxylic acids is 1. The van der Waals surface area contributed by atoms with Crippen molar-refractivity contribution in [3.8, 4) is 5.75 Å². The molecule has 0 bridgehead atoms. The molecule has 0 aliphatic heterocycles. The maximum Gasteiger partial charge on any atom is 0.426 e. The molecule has 3 nitrogen and oxygen atoms in total. The van der Waals surface area contributed by atoms with E-state index in [1.54, 1.807) is 24.3 Å². The van der Waals surface area contributed by atoms with E-state index in [1.807, 2.05) is 0 Å². The van der Waals surface area contributed by atoms with Crippen LogP contribution in [0.5, 0.6) is 5.75 Å². The number of halogens is 4. The summed E-state index contributed by atoms with van der Waals surface area (Å²) in [5, 5.41) is 9.88. The first-order valence-corrected chi connectivity index (χ1v) is 6.29. The number of hydrogen-bond donors (Lipinski definition) is 1. The third kappa shape index (κ3) is 3.58. The Labute approximate surface area is 122 Å². The lowest BCUT2D eigenvalue weighted by Gasteiger charge is -2.21. The van der Waals surface area contributed by atoms with E-state index in [1.165, 1.54) is 12.1 Å². The molecule has 21 heavy (non-hydrogen) atoms. The average Bonchev–Trinajstić information content (AvgIpc) is 2.40. The van der Waals surface area contributed by atoms with Gasteiger partial charge in [-0.05, 0) is 12.1 Å². The van der Waals surface area contributed by atoms with Gasteiger partial charge in [-0.1, -0.05) is 35.9 Å². The number of fused-ring (bicyclic) bond motifs is 1. The van der Waals surface area contributed by atoms with Crippen LogP contribution in [0, 0.1) is 0 Å². The number of carbonyl (C=O) groups is 1. The Kier molecular flexibility index (Phi) is 4.27. The van der Waals surface area contributed by atoms with Crippen molar-refractivity contribution >= 4 is 28.3 Å². The zero-order valence-corrected chi connectivity index (χ0v) is 11.3. The minimum atomic E-state index is -4.78. The topological polar surface area (TPSA) is 46.5 Å². The van der Waals surface area contributed by atoms with Crippen molar-refractivity contribution in [2.75, 3.05) is 0 Å². The molecule has 1 N–H and O–H groups in total. The number of ether oxygens (including phenoxy) is 1. The van der Waals surface area contributed by atoms with Gasteiger partial charge in [0.1, 0.15) is 5.75 Å². The van der Waals surface area contributed by atoms with Gasteiger partial charge >= 0.3 is 12.1 Å². The Bertz CT molecular complexity index is 670. The molecule has 7 heteroatoms. The summed E-state index contributed by atoms with van der Waals surface area (Å²) >= 11 is 5.97. The van der Waals surface area contributed by atoms with Crippen LogP contribution < -0.4 is 4.74 Å². The maximum absolute atomic E-state index is 12.8. The minimum Gasteiger partial charge on any atom is -0.481 e. The van der Waals surface area contributed by atoms with Crippen molar-refractivity contribution in [2.45, 2.75) is 18.7 Å². The molecule has 1 unspecified atom stereocenters. The molecule has 0 amide bonds. The van der Waals surface area contributed by atoms with Crippen LogP contribution in [-0.2, 0) is 4.79 Å². The zero-order chi connectivity index (χ0) is 15.6. The second-order valence-corrected chi connectivity index (χ2v) is 4.74. The Hall–Kier alpha value is -1.95. The molecule has 0 aliphatic carbocycles. The fraction of sp³-hybridized carbons (Fsp3) is 0.214. The largest absolute Gasteiger partial charge is 0.481 e. The van der Waals surface area contributed by atoms with Crippen molar-refractivity contribution < 1.29 is 27.8 Å². The van der Waals surface area contributed by atoms with E-state index in [2.05, 4.69) is 0 Å². The molecule has 2 aromatic rings. The molecular formula is C14H10ClF3O3. The van der Waals surface area contributed by atoms with Gasteiger partial charge in [0.05, 0.1) is 6.42 Å². The van der Waals surface area contributed by atoms with Gasteiger partial charge in [-0.25, -0.2) is 0 Å². The van der Waals surface area contributed by atoms with Crippen LogP contribution in [0.1, 0.15) is 6.42 Å². The second-order valence-electron chi connectivity index (χ2n) is 4.34. The third-order valence-electron chi connectivity index (χ3n) is 2.83. The molecule has 0 radical (unpaired) electrons. The third-order valence-corrected chi connectivity index (χ3v) is 3.15. The standard InChI is InChI=1S/C14H10ClF3O3/c15-10-5-6-11(9-4-2-1-3-8(9)10)21-12(7-13(19)20)14(16,17)18/h1-6,12H,7H2,(H,19,20). The first-order chi connectivity index (χ1) is 9.79. The highest BCUT2D eigenvalue weighted by atomic mass is 35.5. The minimum absolute atomic E-state index is 0.0569. The number of aliphatic carboxylic acids is 1. The van der Waals surface area contributed by atoms with Gasteiger partial charge < -0.3 is 9.84 Å². The summed E-state index contributed by atoms with van der Waals surface area (Å²) in [6.07, 6.45) is -8.36. The molecule has 0 aromatic heterocycles. The quantitative estimate of drug-likeness (QED) is 0.915. The van der Waals surface area contributed by atoms with Gasteiger partial charge in [0.15, 0.2) is 0 Å². The van der Waals surface area contributed by atoms with E-state index in [0.717, 1.165) is 0 Å². The molecule has 0 saturated carbocycles. The number of carboxylic acid groups (broad SMARTS) is 1. The first-order valence-electron chi connectivity index (χ1n) is 5.91. The molecule has 0 spiro atoms. The van der Waals surface area contributed by atoms with E-state index < -0.39 is 24.7 Å². The van der Waals surface area contributed by atoms with Crippen LogP contribution in [0.25, 0.3) is 10.8 Å². The van der Waals surface area contributed by atoms with E-state index in [9.17, 15) is 18.0 Å². The Morgan fingerprint density at radius 3 is 2.38 bits per heavy atom. The average molecular weight is 319 g/mol. The smallest absolute Gasteiger partial charge is 0.426 e. The molecule has 0 heterocycles. The van der Waals surface area contributed by atoms with Crippen molar-refractivity contribution in [1.29, 1.82) is 0 Å². The molecule has 112 valence electrons. The lowest BCUT2D eigenvalue weighted by molar-refractivity contribution is -0.200.